The Labute approximate surface area is 55.5 Å². The Kier molecular flexibility index (Phi) is 4.32. The summed E-state index contributed by atoms with van der Waals surface area (Å²) in [6, 6.07) is 0. The number of allylic oxidation sites excluding steroid dienone is 4. The van der Waals surface area contributed by atoms with E-state index in [0.717, 1.165) is 0 Å². The van der Waals surface area contributed by atoms with Gasteiger partial charge in [-0.3, -0.25) is 0 Å². The molecule has 2 nitrogen and oxygen atoms in total. The van der Waals surface area contributed by atoms with E-state index < -0.39 is 0 Å². The average molecular weight is 124 g/mol. The normalized spacial score (nSPS) is 13.7. The minimum atomic E-state index is 0.577. The Hall–Kier alpha value is -1.18. The van der Waals surface area contributed by atoms with E-state index in [1.54, 1.807) is 6.08 Å². The summed E-state index contributed by atoms with van der Waals surface area (Å²) in [5.41, 5.74) is 11.0. The summed E-state index contributed by atoms with van der Waals surface area (Å²) in [6.07, 6.45) is 8.73. The van der Waals surface area contributed by atoms with Crippen LogP contribution in [0.15, 0.2) is 36.2 Å². The highest BCUT2D eigenvalue weighted by atomic mass is 14.6. The van der Waals surface area contributed by atoms with Gasteiger partial charge in [0.25, 0.3) is 0 Å². The van der Waals surface area contributed by atoms with Crippen molar-refractivity contribution in [1.82, 2.24) is 0 Å². The Morgan fingerprint density at radius 3 is 2.44 bits per heavy atom. The molecule has 0 saturated heterocycles. The molecule has 0 rings (SSSR count). The molecule has 9 heavy (non-hydrogen) atoms. The fraction of sp³-hybridized carbons (Fsp3) is 0.143. The lowest BCUT2D eigenvalue weighted by atomic mass is 10.4. The minimum absolute atomic E-state index is 0.577. The zero-order valence-electron chi connectivity index (χ0n) is 5.54. The minimum Gasteiger partial charge on any atom is -0.403 e. The molecule has 0 radical (unpaired) electrons. The summed E-state index contributed by atoms with van der Waals surface area (Å²) in [5.74, 6) is 0. The van der Waals surface area contributed by atoms with Crippen LogP contribution in [0.5, 0.6) is 0 Å². The highest BCUT2D eigenvalue weighted by Gasteiger charge is 1.72. The first-order chi connectivity index (χ1) is 4.31. The third kappa shape index (κ3) is 4.68. The fourth-order valence-electron chi connectivity index (χ4n) is 0.333. The van der Waals surface area contributed by atoms with Gasteiger partial charge in [-0.15, -0.1) is 0 Å². The SMILES string of the molecule is C\C=C/C=C\C(N)=C/N. The van der Waals surface area contributed by atoms with Crippen molar-refractivity contribution < 1.29 is 0 Å². The third-order valence-corrected chi connectivity index (χ3v) is 0.785. The van der Waals surface area contributed by atoms with E-state index in [-0.39, 0.29) is 0 Å². The summed E-state index contributed by atoms with van der Waals surface area (Å²) in [4.78, 5) is 0. The molecule has 0 atom stereocenters. The first-order valence-electron chi connectivity index (χ1n) is 2.78. The van der Waals surface area contributed by atoms with E-state index in [1.165, 1.54) is 6.20 Å². The smallest absolute Gasteiger partial charge is 0.0471 e. The van der Waals surface area contributed by atoms with E-state index in [0.29, 0.717) is 5.70 Å². The molecular formula is C7H12N2. The molecule has 2 heteroatoms. The molecule has 50 valence electrons. The lowest BCUT2D eigenvalue weighted by Gasteiger charge is -1.84. The molecule has 0 aliphatic heterocycles. The van der Waals surface area contributed by atoms with Crippen LogP contribution in [-0.4, -0.2) is 0 Å². The van der Waals surface area contributed by atoms with Crippen molar-refractivity contribution in [3.63, 3.8) is 0 Å². The first-order valence-corrected chi connectivity index (χ1v) is 2.78. The van der Waals surface area contributed by atoms with Crippen LogP contribution < -0.4 is 11.5 Å². The number of hydrogen-bond acceptors (Lipinski definition) is 2. The van der Waals surface area contributed by atoms with Gasteiger partial charge < -0.3 is 11.5 Å². The zero-order chi connectivity index (χ0) is 7.11. The van der Waals surface area contributed by atoms with Gasteiger partial charge in [0.2, 0.25) is 0 Å². The second-order valence-electron chi connectivity index (χ2n) is 1.55. The van der Waals surface area contributed by atoms with Gasteiger partial charge in [0.05, 0.1) is 0 Å². The summed E-state index contributed by atoms with van der Waals surface area (Å²) < 4.78 is 0. The lowest BCUT2D eigenvalue weighted by Crippen LogP contribution is -1.95. The van der Waals surface area contributed by atoms with E-state index in [1.807, 2.05) is 25.2 Å². The standard InChI is InChI=1S/C7H12N2/c1-2-3-4-5-7(9)6-8/h2-6H,8-9H2,1H3/b3-2-,5-4-,7-6+. The molecule has 0 bridgehead atoms. The molecule has 0 aliphatic rings. The Bertz CT molecular complexity index is 143. The molecule has 0 aromatic rings. The quantitative estimate of drug-likeness (QED) is 0.537. The maximum atomic E-state index is 5.33. The molecule has 0 spiro atoms. The topological polar surface area (TPSA) is 52.0 Å². The van der Waals surface area contributed by atoms with E-state index in [9.17, 15) is 0 Å². The second-order valence-corrected chi connectivity index (χ2v) is 1.55. The molecule has 0 heterocycles. The monoisotopic (exact) mass is 124 g/mol. The predicted molar refractivity (Wildman–Crippen MR) is 40.4 cm³/mol. The molecule has 0 fully saturated rings. The van der Waals surface area contributed by atoms with Crippen molar-refractivity contribution in [2.45, 2.75) is 6.92 Å². The highest BCUT2D eigenvalue weighted by molar-refractivity contribution is 5.17. The van der Waals surface area contributed by atoms with Crippen molar-refractivity contribution in [3.05, 3.63) is 36.2 Å². The van der Waals surface area contributed by atoms with E-state index >= 15 is 0 Å². The van der Waals surface area contributed by atoms with Crippen LogP contribution in [0.4, 0.5) is 0 Å². The van der Waals surface area contributed by atoms with Gasteiger partial charge in [-0.2, -0.15) is 0 Å². The Morgan fingerprint density at radius 2 is 2.00 bits per heavy atom. The predicted octanol–water partition coefficient (Wildman–Crippen LogP) is 0.878. The van der Waals surface area contributed by atoms with Crippen molar-refractivity contribution in [3.8, 4) is 0 Å². The van der Waals surface area contributed by atoms with E-state index in [2.05, 4.69) is 0 Å². The van der Waals surface area contributed by atoms with Gasteiger partial charge in [-0.1, -0.05) is 18.2 Å². The largest absolute Gasteiger partial charge is 0.403 e. The highest BCUT2D eigenvalue weighted by Crippen LogP contribution is 1.83. The van der Waals surface area contributed by atoms with Gasteiger partial charge in [0.1, 0.15) is 0 Å². The Balaban J connectivity index is 3.71. The number of nitrogens with two attached hydrogens (primary N) is 2. The van der Waals surface area contributed by atoms with Crippen molar-refractivity contribution >= 4 is 0 Å². The lowest BCUT2D eigenvalue weighted by molar-refractivity contribution is 1.37. The van der Waals surface area contributed by atoms with Gasteiger partial charge >= 0.3 is 0 Å². The van der Waals surface area contributed by atoms with Crippen LogP contribution in [0.1, 0.15) is 6.92 Å². The molecule has 4 N–H and O–H groups in total. The van der Waals surface area contributed by atoms with Gasteiger partial charge in [0.15, 0.2) is 0 Å². The van der Waals surface area contributed by atoms with Crippen molar-refractivity contribution in [2.24, 2.45) is 11.5 Å². The van der Waals surface area contributed by atoms with E-state index in [4.69, 9.17) is 11.5 Å². The van der Waals surface area contributed by atoms with Gasteiger partial charge in [-0.25, -0.2) is 0 Å². The molecular weight excluding hydrogens is 112 g/mol. The average Bonchev–Trinajstić information content (AvgIpc) is 1.89. The molecule has 0 aromatic carbocycles. The summed E-state index contributed by atoms with van der Waals surface area (Å²) in [6.45, 7) is 1.94. The van der Waals surface area contributed by atoms with Crippen molar-refractivity contribution in [1.29, 1.82) is 0 Å². The maximum Gasteiger partial charge on any atom is 0.0471 e. The molecule has 0 amide bonds. The maximum absolute atomic E-state index is 5.33. The van der Waals surface area contributed by atoms with Crippen LogP contribution >= 0.6 is 0 Å². The van der Waals surface area contributed by atoms with Gasteiger partial charge in [-0.05, 0) is 13.0 Å². The Morgan fingerprint density at radius 1 is 1.33 bits per heavy atom. The van der Waals surface area contributed by atoms with Gasteiger partial charge in [0, 0.05) is 11.9 Å². The number of hydrogen-bond donors (Lipinski definition) is 2. The van der Waals surface area contributed by atoms with Crippen LogP contribution in [0.2, 0.25) is 0 Å². The van der Waals surface area contributed by atoms with Crippen LogP contribution in [0.3, 0.4) is 0 Å². The van der Waals surface area contributed by atoms with Crippen LogP contribution in [-0.2, 0) is 0 Å². The second kappa shape index (κ2) is 4.97. The molecule has 0 unspecified atom stereocenters. The molecule has 0 aromatic heterocycles. The number of rotatable bonds is 2. The summed E-state index contributed by atoms with van der Waals surface area (Å²) in [5, 5.41) is 0. The van der Waals surface area contributed by atoms with Crippen LogP contribution in [0, 0.1) is 0 Å². The third-order valence-electron chi connectivity index (χ3n) is 0.785. The van der Waals surface area contributed by atoms with Crippen LogP contribution in [0.25, 0.3) is 0 Å². The summed E-state index contributed by atoms with van der Waals surface area (Å²) >= 11 is 0. The summed E-state index contributed by atoms with van der Waals surface area (Å²) in [7, 11) is 0. The molecule has 0 aliphatic carbocycles. The fourth-order valence-corrected chi connectivity index (χ4v) is 0.333. The molecule has 0 saturated carbocycles. The zero-order valence-corrected chi connectivity index (χ0v) is 5.54. The first kappa shape index (κ1) is 7.82. The van der Waals surface area contributed by atoms with Crippen molar-refractivity contribution in [2.75, 3.05) is 0 Å².